The fourth-order valence-corrected chi connectivity index (χ4v) is 5.86. The van der Waals surface area contributed by atoms with E-state index >= 15 is 0 Å². The molecule has 0 spiro atoms. The molecule has 0 bridgehead atoms. The molecule has 3 aromatic rings. The number of aromatic nitrogens is 2. The van der Waals surface area contributed by atoms with Crippen LogP contribution in [0.2, 0.25) is 0 Å². The van der Waals surface area contributed by atoms with Crippen LogP contribution in [0.3, 0.4) is 0 Å². The molecule has 2 aromatic carbocycles. The molecule has 1 aliphatic carbocycles. The Morgan fingerprint density at radius 2 is 1.89 bits per heavy atom. The maximum atomic E-state index is 11.8. The van der Waals surface area contributed by atoms with Crippen LogP contribution < -0.4 is 14.8 Å². The molecule has 1 aromatic heterocycles. The van der Waals surface area contributed by atoms with Crippen molar-refractivity contribution in [1.29, 1.82) is 0 Å². The molecule has 1 aliphatic rings. The van der Waals surface area contributed by atoms with Gasteiger partial charge in [-0.15, -0.1) is 0 Å². The Morgan fingerprint density at radius 3 is 2.51 bits per heavy atom. The van der Waals surface area contributed by atoms with Crippen LogP contribution in [0.15, 0.2) is 36.4 Å². The molecule has 0 radical (unpaired) electrons. The molecule has 7 heteroatoms. The van der Waals surface area contributed by atoms with E-state index in [0.717, 1.165) is 52.6 Å². The number of carbonyl (C=O) groups is 1. The molecule has 1 saturated carbocycles. The van der Waals surface area contributed by atoms with Crippen LogP contribution in [0.5, 0.6) is 11.5 Å². The first-order valence-electron chi connectivity index (χ1n) is 13.3. The van der Waals surface area contributed by atoms with Gasteiger partial charge in [-0.05, 0) is 86.8 Å². The van der Waals surface area contributed by atoms with Crippen molar-refractivity contribution in [3.63, 3.8) is 0 Å². The SMILES string of the molecule is COC(=O)CCc1cc2nc(Nc3ccc(OC(C)C)cc3)n([C@H]3C[C@H](C)CC(C)(C)C3)c2cc1OC. The van der Waals surface area contributed by atoms with Gasteiger partial charge in [-0.2, -0.15) is 0 Å². The summed E-state index contributed by atoms with van der Waals surface area (Å²) in [6, 6.07) is 12.4. The highest BCUT2D eigenvalue weighted by molar-refractivity contribution is 5.83. The van der Waals surface area contributed by atoms with Gasteiger partial charge >= 0.3 is 5.97 Å². The van der Waals surface area contributed by atoms with Gasteiger partial charge in [0.25, 0.3) is 0 Å². The van der Waals surface area contributed by atoms with E-state index in [4.69, 9.17) is 19.2 Å². The smallest absolute Gasteiger partial charge is 0.305 e. The predicted octanol–water partition coefficient (Wildman–Crippen LogP) is 7.07. The molecule has 1 fully saturated rings. The lowest BCUT2D eigenvalue weighted by Gasteiger charge is -2.40. The van der Waals surface area contributed by atoms with Crippen molar-refractivity contribution in [3.8, 4) is 11.5 Å². The number of fused-ring (bicyclic) bond motifs is 1. The summed E-state index contributed by atoms with van der Waals surface area (Å²) in [5, 5.41) is 3.58. The number of esters is 1. The summed E-state index contributed by atoms with van der Waals surface area (Å²) in [5.74, 6) is 2.81. The quantitative estimate of drug-likeness (QED) is 0.312. The summed E-state index contributed by atoms with van der Waals surface area (Å²) in [4.78, 5) is 16.8. The number of methoxy groups -OCH3 is 2. The first-order chi connectivity index (χ1) is 17.6. The summed E-state index contributed by atoms with van der Waals surface area (Å²) in [6.07, 6.45) is 4.34. The minimum absolute atomic E-state index is 0.128. The van der Waals surface area contributed by atoms with Gasteiger partial charge in [0.05, 0.1) is 31.4 Å². The Labute approximate surface area is 220 Å². The molecule has 7 nitrogen and oxygen atoms in total. The molecule has 1 N–H and O–H groups in total. The van der Waals surface area contributed by atoms with Crippen molar-refractivity contribution in [2.24, 2.45) is 11.3 Å². The number of hydrogen-bond donors (Lipinski definition) is 1. The zero-order chi connectivity index (χ0) is 26.7. The lowest BCUT2D eigenvalue weighted by atomic mass is 9.70. The number of carbonyl (C=O) groups excluding carboxylic acids is 1. The van der Waals surface area contributed by atoms with Crippen molar-refractivity contribution in [2.45, 2.75) is 78.9 Å². The van der Waals surface area contributed by atoms with E-state index in [-0.39, 0.29) is 17.5 Å². The van der Waals surface area contributed by atoms with Crippen molar-refractivity contribution < 1.29 is 19.0 Å². The van der Waals surface area contributed by atoms with E-state index in [0.29, 0.717) is 24.8 Å². The third kappa shape index (κ3) is 6.38. The summed E-state index contributed by atoms with van der Waals surface area (Å²) in [5.41, 5.74) is 4.07. The number of hydrogen-bond acceptors (Lipinski definition) is 6. The standard InChI is InChI=1S/C30H41N3O4/c1-19(2)37-24-11-9-22(10-12-24)31-29-32-25-15-21(8-13-28(34)36-7)27(35-6)16-26(25)33(29)23-14-20(3)17-30(4,5)18-23/h9-12,15-16,19-20,23H,8,13-14,17-18H2,1-7H3,(H,31,32)/t20-,23-/m0/s1. The second-order valence-electron chi connectivity index (χ2n) is 11.4. The molecular formula is C30H41N3O4. The Hall–Kier alpha value is -3.22. The van der Waals surface area contributed by atoms with Crippen LogP contribution in [-0.4, -0.2) is 35.8 Å². The Bertz CT molecular complexity index is 1230. The van der Waals surface area contributed by atoms with Gasteiger partial charge in [0.2, 0.25) is 5.95 Å². The monoisotopic (exact) mass is 507 g/mol. The third-order valence-corrected chi connectivity index (χ3v) is 7.13. The van der Waals surface area contributed by atoms with Gasteiger partial charge in [-0.3, -0.25) is 4.79 Å². The summed E-state index contributed by atoms with van der Waals surface area (Å²) < 4.78 is 18.8. The van der Waals surface area contributed by atoms with Crippen molar-refractivity contribution in [1.82, 2.24) is 9.55 Å². The molecule has 2 atom stereocenters. The first-order valence-corrected chi connectivity index (χ1v) is 13.3. The molecule has 37 heavy (non-hydrogen) atoms. The lowest BCUT2D eigenvalue weighted by molar-refractivity contribution is -0.140. The van der Waals surface area contributed by atoms with Crippen LogP contribution >= 0.6 is 0 Å². The third-order valence-electron chi connectivity index (χ3n) is 7.13. The van der Waals surface area contributed by atoms with E-state index in [1.807, 2.05) is 38.1 Å². The maximum absolute atomic E-state index is 11.8. The van der Waals surface area contributed by atoms with Crippen molar-refractivity contribution in [3.05, 3.63) is 42.0 Å². The normalized spacial score (nSPS) is 19.1. The second kappa shape index (κ2) is 11.0. The summed E-state index contributed by atoms with van der Waals surface area (Å²) in [6.45, 7) is 11.1. The number of nitrogens with one attached hydrogen (secondary N) is 1. The zero-order valence-corrected chi connectivity index (χ0v) is 23.3. The van der Waals surface area contributed by atoms with E-state index in [1.165, 1.54) is 13.5 Å². The minimum atomic E-state index is -0.238. The van der Waals surface area contributed by atoms with Crippen LogP contribution in [0.25, 0.3) is 11.0 Å². The van der Waals surface area contributed by atoms with Gasteiger partial charge in [0.1, 0.15) is 11.5 Å². The molecule has 0 aliphatic heterocycles. The highest BCUT2D eigenvalue weighted by atomic mass is 16.5. The lowest BCUT2D eigenvalue weighted by Crippen LogP contribution is -2.29. The topological polar surface area (TPSA) is 74.6 Å². The minimum Gasteiger partial charge on any atom is -0.496 e. The number of rotatable bonds is 9. The van der Waals surface area contributed by atoms with E-state index < -0.39 is 0 Å². The molecule has 0 amide bonds. The number of anilines is 2. The van der Waals surface area contributed by atoms with Crippen LogP contribution in [0.4, 0.5) is 11.6 Å². The Kier molecular flexibility index (Phi) is 8.00. The van der Waals surface area contributed by atoms with Gasteiger partial charge < -0.3 is 24.1 Å². The van der Waals surface area contributed by atoms with Gasteiger partial charge in [-0.25, -0.2) is 4.98 Å². The van der Waals surface area contributed by atoms with Crippen LogP contribution in [-0.2, 0) is 16.0 Å². The highest BCUT2D eigenvalue weighted by Crippen LogP contribution is 2.46. The largest absolute Gasteiger partial charge is 0.496 e. The number of nitrogens with zero attached hydrogens (tertiary/aromatic N) is 2. The molecular weight excluding hydrogens is 466 g/mol. The highest BCUT2D eigenvalue weighted by Gasteiger charge is 2.35. The second-order valence-corrected chi connectivity index (χ2v) is 11.4. The molecule has 200 valence electrons. The predicted molar refractivity (Wildman–Crippen MR) is 148 cm³/mol. The molecule has 4 rings (SSSR count). The average Bonchev–Trinajstić information content (AvgIpc) is 3.17. The molecule has 0 saturated heterocycles. The fraction of sp³-hybridized carbons (Fsp3) is 0.533. The fourth-order valence-electron chi connectivity index (χ4n) is 5.86. The average molecular weight is 508 g/mol. The van der Waals surface area contributed by atoms with E-state index in [9.17, 15) is 4.79 Å². The number of aryl methyl sites for hydroxylation is 1. The molecule has 0 unspecified atom stereocenters. The van der Waals surface area contributed by atoms with Crippen molar-refractivity contribution in [2.75, 3.05) is 19.5 Å². The zero-order valence-electron chi connectivity index (χ0n) is 23.3. The first kappa shape index (κ1) is 26.8. The van der Waals surface area contributed by atoms with Gasteiger partial charge in [0, 0.05) is 24.2 Å². The number of benzene rings is 2. The Balaban J connectivity index is 1.76. The van der Waals surface area contributed by atoms with Gasteiger partial charge in [0.15, 0.2) is 0 Å². The number of ether oxygens (including phenoxy) is 3. The van der Waals surface area contributed by atoms with Crippen LogP contribution in [0, 0.1) is 11.3 Å². The van der Waals surface area contributed by atoms with Crippen LogP contribution in [0.1, 0.15) is 71.9 Å². The summed E-state index contributed by atoms with van der Waals surface area (Å²) >= 11 is 0. The van der Waals surface area contributed by atoms with Gasteiger partial charge in [-0.1, -0.05) is 20.8 Å². The number of imidazole rings is 1. The van der Waals surface area contributed by atoms with E-state index in [2.05, 4.69) is 42.8 Å². The maximum Gasteiger partial charge on any atom is 0.305 e. The van der Waals surface area contributed by atoms with Crippen molar-refractivity contribution >= 4 is 28.6 Å². The molecule has 1 heterocycles. The summed E-state index contributed by atoms with van der Waals surface area (Å²) in [7, 11) is 3.09. The Morgan fingerprint density at radius 1 is 1.16 bits per heavy atom. The van der Waals surface area contributed by atoms with E-state index in [1.54, 1.807) is 7.11 Å².